The van der Waals surface area contributed by atoms with Gasteiger partial charge in [-0.05, 0) is 11.6 Å². The van der Waals surface area contributed by atoms with Crippen molar-refractivity contribution in [3.8, 4) is 0 Å². The van der Waals surface area contributed by atoms with Crippen LogP contribution in [0.15, 0.2) is 0 Å². The van der Waals surface area contributed by atoms with Crippen molar-refractivity contribution < 1.29 is 8.78 Å². The highest BCUT2D eigenvalue weighted by atomic mass is 35.5. The van der Waals surface area contributed by atoms with E-state index in [0.29, 0.717) is 18.2 Å². The highest BCUT2D eigenvalue weighted by molar-refractivity contribution is 6.28. The first-order chi connectivity index (χ1) is 9.23. The maximum atomic E-state index is 13.1. The maximum absolute atomic E-state index is 13.1. The van der Waals surface area contributed by atoms with Gasteiger partial charge in [-0.1, -0.05) is 13.8 Å². The van der Waals surface area contributed by atoms with Gasteiger partial charge in [-0.15, -0.1) is 0 Å². The van der Waals surface area contributed by atoms with Crippen LogP contribution in [0.3, 0.4) is 0 Å². The van der Waals surface area contributed by atoms with Crippen LogP contribution in [0, 0.1) is 0 Å². The standard InChI is InChI=1S/C13H17ClF2N4/c1-12(2)6-20(7-4-13(15,16)5-7)10-8(12)9(17-3)18-11(14)19-10/h7H,4-6H2,1-3H3,(H,17,18,19). The van der Waals surface area contributed by atoms with Gasteiger partial charge in [-0.3, -0.25) is 0 Å². The molecule has 1 fully saturated rings. The van der Waals surface area contributed by atoms with E-state index < -0.39 is 5.92 Å². The lowest BCUT2D eigenvalue weighted by molar-refractivity contribution is -0.0859. The number of anilines is 2. The fraction of sp³-hybridized carbons (Fsp3) is 0.692. The summed E-state index contributed by atoms with van der Waals surface area (Å²) in [5, 5.41) is 3.17. The van der Waals surface area contributed by atoms with Crippen molar-refractivity contribution in [2.75, 3.05) is 23.8 Å². The Morgan fingerprint density at radius 3 is 2.50 bits per heavy atom. The summed E-state index contributed by atoms with van der Waals surface area (Å²) in [6.07, 6.45) is -0.224. The number of halogens is 3. The van der Waals surface area contributed by atoms with E-state index >= 15 is 0 Å². The van der Waals surface area contributed by atoms with Gasteiger partial charge in [0.25, 0.3) is 5.92 Å². The van der Waals surface area contributed by atoms with Crippen LogP contribution in [-0.2, 0) is 5.41 Å². The van der Waals surface area contributed by atoms with Crippen LogP contribution < -0.4 is 10.2 Å². The molecule has 0 saturated heterocycles. The minimum absolute atomic E-state index is 0.112. The van der Waals surface area contributed by atoms with Gasteiger partial charge in [-0.25, -0.2) is 18.7 Å². The summed E-state index contributed by atoms with van der Waals surface area (Å²) in [5.74, 6) is -1.17. The number of hydrogen-bond donors (Lipinski definition) is 1. The largest absolute Gasteiger partial charge is 0.373 e. The lowest BCUT2D eigenvalue weighted by atomic mass is 9.85. The monoisotopic (exact) mass is 302 g/mol. The molecule has 1 saturated carbocycles. The molecule has 0 unspecified atom stereocenters. The zero-order chi connectivity index (χ0) is 14.7. The van der Waals surface area contributed by atoms with Crippen LogP contribution in [0.5, 0.6) is 0 Å². The second-order valence-corrected chi connectivity index (χ2v) is 6.56. The van der Waals surface area contributed by atoms with Crippen LogP contribution in [0.4, 0.5) is 20.4 Å². The Labute approximate surface area is 121 Å². The first-order valence-electron chi connectivity index (χ1n) is 6.64. The molecule has 0 spiro atoms. The molecule has 110 valence electrons. The van der Waals surface area contributed by atoms with Gasteiger partial charge in [0.1, 0.15) is 11.6 Å². The Kier molecular flexibility index (Phi) is 2.87. The van der Waals surface area contributed by atoms with E-state index in [1.807, 2.05) is 4.90 Å². The highest BCUT2D eigenvalue weighted by Crippen LogP contribution is 2.49. The second kappa shape index (κ2) is 4.16. The molecule has 0 aromatic carbocycles. The first kappa shape index (κ1) is 13.8. The van der Waals surface area contributed by atoms with Gasteiger partial charge < -0.3 is 10.2 Å². The van der Waals surface area contributed by atoms with Gasteiger partial charge in [0, 0.05) is 43.5 Å². The van der Waals surface area contributed by atoms with Crippen molar-refractivity contribution in [3.63, 3.8) is 0 Å². The van der Waals surface area contributed by atoms with Gasteiger partial charge in [0.2, 0.25) is 5.28 Å². The fourth-order valence-corrected chi connectivity index (χ4v) is 3.33. The minimum Gasteiger partial charge on any atom is -0.373 e. The maximum Gasteiger partial charge on any atom is 0.252 e. The smallest absolute Gasteiger partial charge is 0.252 e. The fourth-order valence-electron chi connectivity index (χ4n) is 3.17. The summed E-state index contributed by atoms with van der Waals surface area (Å²) in [5.41, 5.74) is 0.767. The topological polar surface area (TPSA) is 41.1 Å². The zero-order valence-electron chi connectivity index (χ0n) is 11.7. The zero-order valence-corrected chi connectivity index (χ0v) is 12.4. The third-order valence-electron chi connectivity index (χ3n) is 4.12. The summed E-state index contributed by atoms with van der Waals surface area (Å²) in [6.45, 7) is 4.80. The molecule has 2 heterocycles. The van der Waals surface area contributed by atoms with E-state index in [2.05, 4.69) is 29.1 Å². The molecule has 0 amide bonds. The number of hydrogen-bond acceptors (Lipinski definition) is 4. The molecule has 1 aliphatic carbocycles. The molecule has 0 radical (unpaired) electrons. The van der Waals surface area contributed by atoms with Crippen LogP contribution in [0.25, 0.3) is 0 Å². The highest BCUT2D eigenvalue weighted by Gasteiger charge is 2.52. The Hall–Kier alpha value is -1.17. The van der Waals surface area contributed by atoms with Crippen LogP contribution in [0.1, 0.15) is 32.3 Å². The summed E-state index contributed by atoms with van der Waals surface area (Å²) in [6, 6.07) is -0.166. The van der Waals surface area contributed by atoms with Crippen molar-refractivity contribution in [2.45, 2.75) is 44.1 Å². The van der Waals surface area contributed by atoms with Gasteiger partial charge in [0.05, 0.1) is 0 Å². The average molecular weight is 303 g/mol. The lowest BCUT2D eigenvalue weighted by Crippen LogP contribution is -2.51. The quantitative estimate of drug-likeness (QED) is 0.853. The molecule has 20 heavy (non-hydrogen) atoms. The average Bonchev–Trinajstić information content (AvgIpc) is 2.57. The predicted molar refractivity (Wildman–Crippen MR) is 74.9 cm³/mol. The summed E-state index contributed by atoms with van der Waals surface area (Å²) < 4.78 is 26.3. The molecule has 1 aliphatic heterocycles. The van der Waals surface area contributed by atoms with Gasteiger partial charge >= 0.3 is 0 Å². The molecule has 0 bridgehead atoms. The lowest BCUT2D eigenvalue weighted by Gasteiger charge is -2.42. The number of alkyl halides is 2. The molecule has 1 N–H and O–H groups in total. The Bertz CT molecular complexity index is 554. The van der Waals surface area contributed by atoms with Crippen molar-refractivity contribution >= 4 is 23.2 Å². The van der Waals surface area contributed by atoms with Crippen LogP contribution in [0.2, 0.25) is 5.28 Å². The van der Waals surface area contributed by atoms with Gasteiger partial charge in [-0.2, -0.15) is 0 Å². The minimum atomic E-state index is -2.54. The van der Waals surface area contributed by atoms with E-state index in [4.69, 9.17) is 11.6 Å². The normalized spacial score (nSPS) is 23.4. The summed E-state index contributed by atoms with van der Waals surface area (Å²) in [4.78, 5) is 10.4. The van der Waals surface area contributed by atoms with E-state index in [1.54, 1.807) is 7.05 Å². The van der Waals surface area contributed by atoms with Gasteiger partial charge in [0.15, 0.2) is 0 Å². The van der Waals surface area contributed by atoms with E-state index in [1.165, 1.54) is 0 Å². The Morgan fingerprint density at radius 2 is 1.95 bits per heavy atom. The molecular formula is C13H17ClF2N4. The van der Waals surface area contributed by atoms with Crippen molar-refractivity contribution in [1.82, 2.24) is 9.97 Å². The Balaban J connectivity index is 2.02. The second-order valence-electron chi connectivity index (χ2n) is 6.22. The molecule has 4 nitrogen and oxygen atoms in total. The predicted octanol–water partition coefficient (Wildman–Crippen LogP) is 3.07. The number of nitrogens with one attached hydrogen (secondary N) is 1. The number of nitrogens with zero attached hydrogens (tertiary/aromatic N) is 3. The third-order valence-corrected chi connectivity index (χ3v) is 4.29. The van der Waals surface area contributed by atoms with Crippen molar-refractivity contribution in [3.05, 3.63) is 10.8 Å². The molecular weight excluding hydrogens is 286 g/mol. The molecule has 7 heteroatoms. The third kappa shape index (κ3) is 2.01. The van der Waals surface area contributed by atoms with Crippen molar-refractivity contribution in [2.24, 2.45) is 0 Å². The first-order valence-corrected chi connectivity index (χ1v) is 7.01. The molecule has 1 aromatic heterocycles. The van der Waals surface area contributed by atoms with E-state index in [0.717, 1.165) is 5.56 Å². The number of aromatic nitrogens is 2. The van der Waals surface area contributed by atoms with Crippen molar-refractivity contribution in [1.29, 1.82) is 0 Å². The SMILES string of the molecule is CNc1nc(Cl)nc2c1C(C)(C)CN2C1CC(F)(F)C1. The van der Waals surface area contributed by atoms with Crippen LogP contribution in [-0.4, -0.2) is 35.5 Å². The van der Waals surface area contributed by atoms with E-state index in [-0.39, 0.29) is 29.6 Å². The summed E-state index contributed by atoms with van der Waals surface area (Å²) >= 11 is 5.95. The Morgan fingerprint density at radius 1 is 1.30 bits per heavy atom. The van der Waals surface area contributed by atoms with E-state index in [9.17, 15) is 8.78 Å². The molecule has 1 aromatic rings. The number of rotatable bonds is 2. The molecule has 2 aliphatic rings. The van der Waals surface area contributed by atoms with Crippen LogP contribution >= 0.6 is 11.6 Å². The summed E-state index contributed by atoms with van der Waals surface area (Å²) in [7, 11) is 1.77. The number of fused-ring (bicyclic) bond motifs is 1. The molecule has 3 rings (SSSR count). The molecule has 0 atom stereocenters.